The van der Waals surface area contributed by atoms with Gasteiger partial charge in [0, 0.05) is 30.3 Å². The molecule has 0 aliphatic heterocycles. The number of hydrogen-bond donors (Lipinski definition) is 1. The molecule has 1 heterocycles. The van der Waals surface area contributed by atoms with Crippen LogP contribution < -0.4 is 5.73 Å². The van der Waals surface area contributed by atoms with E-state index >= 15 is 0 Å². The maximum Gasteiger partial charge on any atom is 0.218 e. The molecule has 2 N–H and O–H groups in total. The van der Waals surface area contributed by atoms with Crippen molar-refractivity contribution >= 4 is 17.7 Å². The fraction of sp³-hybridized carbons (Fsp3) is 0.231. The summed E-state index contributed by atoms with van der Waals surface area (Å²) in [5.74, 6) is 0.370. The van der Waals surface area contributed by atoms with Gasteiger partial charge in [0.15, 0.2) is 5.16 Å². The Morgan fingerprint density at radius 1 is 1.50 bits per heavy atom. The third kappa shape index (κ3) is 3.13. The largest absolute Gasteiger partial charge is 0.370 e. The lowest BCUT2D eigenvalue weighted by Crippen LogP contribution is -2.11. The number of primary amides is 1. The van der Waals surface area contributed by atoms with Crippen molar-refractivity contribution in [1.82, 2.24) is 9.55 Å². The van der Waals surface area contributed by atoms with Gasteiger partial charge in [-0.1, -0.05) is 23.9 Å². The molecule has 5 heteroatoms. The van der Waals surface area contributed by atoms with E-state index in [0.717, 1.165) is 10.8 Å². The number of hydrogen-bond acceptors (Lipinski definition) is 3. The number of nitrogens with zero attached hydrogens (tertiary/aromatic N) is 2. The van der Waals surface area contributed by atoms with E-state index in [2.05, 4.69) is 24.0 Å². The lowest BCUT2D eigenvalue weighted by atomic mass is 10.2. The van der Waals surface area contributed by atoms with E-state index in [4.69, 9.17) is 5.73 Å². The van der Waals surface area contributed by atoms with E-state index in [9.17, 15) is 4.79 Å². The number of rotatable bonds is 5. The average molecular weight is 261 g/mol. The van der Waals surface area contributed by atoms with Gasteiger partial charge >= 0.3 is 0 Å². The van der Waals surface area contributed by atoms with Gasteiger partial charge in [-0.3, -0.25) is 9.36 Å². The number of aromatic nitrogens is 2. The summed E-state index contributed by atoms with van der Waals surface area (Å²) in [5.41, 5.74) is 7.40. The van der Waals surface area contributed by atoms with Crippen molar-refractivity contribution in [2.45, 2.75) is 18.5 Å². The van der Waals surface area contributed by atoms with Crippen molar-refractivity contribution < 1.29 is 4.79 Å². The fourth-order valence-corrected chi connectivity index (χ4v) is 2.54. The van der Waals surface area contributed by atoms with Crippen LogP contribution in [0.3, 0.4) is 0 Å². The molecule has 4 nitrogen and oxygen atoms in total. The van der Waals surface area contributed by atoms with E-state index in [1.165, 1.54) is 17.3 Å². The highest BCUT2D eigenvalue weighted by Gasteiger charge is 2.06. The summed E-state index contributed by atoms with van der Waals surface area (Å²) >= 11 is 1.53. The van der Waals surface area contributed by atoms with Crippen LogP contribution in [0.4, 0.5) is 0 Å². The van der Waals surface area contributed by atoms with Gasteiger partial charge in [-0.25, -0.2) is 4.98 Å². The quantitative estimate of drug-likeness (QED) is 0.839. The molecule has 1 amide bonds. The zero-order valence-electron chi connectivity index (χ0n) is 10.2. The molecule has 1 aromatic carbocycles. The number of amides is 1. The number of carbonyl (C=O) groups excluding carboxylic acids is 1. The molecule has 0 unspecified atom stereocenters. The number of carbonyl (C=O) groups is 1. The lowest BCUT2D eigenvalue weighted by Gasteiger charge is -2.07. The monoisotopic (exact) mass is 261 g/mol. The summed E-state index contributed by atoms with van der Waals surface area (Å²) in [4.78, 5) is 15.0. The highest BCUT2D eigenvalue weighted by Crippen LogP contribution is 2.21. The molecule has 0 saturated heterocycles. The molecule has 0 fully saturated rings. The first kappa shape index (κ1) is 12.7. The summed E-state index contributed by atoms with van der Waals surface area (Å²) in [6.07, 6.45) is 4.04. The van der Waals surface area contributed by atoms with Crippen molar-refractivity contribution in [1.29, 1.82) is 0 Å². The third-order valence-electron chi connectivity index (χ3n) is 2.47. The van der Waals surface area contributed by atoms with Crippen LogP contribution in [0.25, 0.3) is 5.69 Å². The molecule has 94 valence electrons. The Balaban J connectivity index is 2.15. The molecule has 0 atom stereocenters. The normalized spacial score (nSPS) is 10.5. The predicted molar refractivity (Wildman–Crippen MR) is 72.8 cm³/mol. The number of benzene rings is 1. The van der Waals surface area contributed by atoms with E-state index in [0.29, 0.717) is 12.2 Å². The number of imidazole rings is 1. The average Bonchev–Trinajstić information content (AvgIpc) is 2.77. The molecule has 0 spiro atoms. The van der Waals surface area contributed by atoms with Crippen LogP contribution >= 0.6 is 11.8 Å². The summed E-state index contributed by atoms with van der Waals surface area (Å²) in [6.45, 7) is 2.06. The van der Waals surface area contributed by atoms with Crippen LogP contribution in [0.2, 0.25) is 0 Å². The molecule has 2 aromatic rings. The molecule has 18 heavy (non-hydrogen) atoms. The van der Waals surface area contributed by atoms with Gasteiger partial charge in [-0.05, 0) is 24.6 Å². The molecule has 2 rings (SSSR count). The van der Waals surface area contributed by atoms with E-state index < -0.39 is 0 Å². The van der Waals surface area contributed by atoms with Gasteiger partial charge in [-0.2, -0.15) is 0 Å². The van der Waals surface area contributed by atoms with Gasteiger partial charge in [0.25, 0.3) is 0 Å². The second-order valence-electron chi connectivity index (χ2n) is 3.98. The summed E-state index contributed by atoms with van der Waals surface area (Å²) < 4.78 is 2.01. The van der Waals surface area contributed by atoms with Gasteiger partial charge in [-0.15, -0.1) is 0 Å². The molecular formula is C13H15N3OS. The minimum Gasteiger partial charge on any atom is -0.370 e. The van der Waals surface area contributed by atoms with Crippen LogP contribution in [-0.2, 0) is 4.79 Å². The Bertz CT molecular complexity index is 551. The summed E-state index contributed by atoms with van der Waals surface area (Å²) in [5, 5.41) is 0.877. The van der Waals surface area contributed by atoms with Crippen molar-refractivity contribution in [2.75, 3.05) is 5.75 Å². The first-order valence-corrected chi connectivity index (χ1v) is 6.67. The molecule has 0 aliphatic rings. The summed E-state index contributed by atoms with van der Waals surface area (Å²) in [7, 11) is 0. The maximum absolute atomic E-state index is 10.7. The Morgan fingerprint density at radius 2 is 2.33 bits per heavy atom. The second-order valence-corrected chi connectivity index (χ2v) is 5.05. The molecule has 0 saturated carbocycles. The SMILES string of the molecule is Cc1cccc(-n2ccnc2SCCC(N)=O)c1. The summed E-state index contributed by atoms with van der Waals surface area (Å²) in [6, 6.07) is 8.20. The standard InChI is InChI=1S/C13H15N3OS/c1-10-3-2-4-11(9-10)16-7-6-15-13(16)18-8-5-12(14)17/h2-4,6-7,9H,5,8H2,1H3,(H2,14,17). The van der Waals surface area contributed by atoms with Crippen LogP contribution in [0.1, 0.15) is 12.0 Å². The van der Waals surface area contributed by atoms with Gasteiger partial charge in [0.2, 0.25) is 5.91 Å². The Labute approximate surface area is 110 Å². The van der Waals surface area contributed by atoms with E-state index in [1.54, 1.807) is 6.20 Å². The number of thioether (sulfide) groups is 1. The minimum absolute atomic E-state index is 0.281. The molecule has 1 aromatic heterocycles. The van der Waals surface area contributed by atoms with Crippen molar-refractivity contribution in [2.24, 2.45) is 5.73 Å². The topological polar surface area (TPSA) is 60.9 Å². The van der Waals surface area contributed by atoms with Crippen molar-refractivity contribution in [3.8, 4) is 5.69 Å². The van der Waals surface area contributed by atoms with Crippen LogP contribution in [-0.4, -0.2) is 21.2 Å². The Hall–Kier alpha value is -1.75. The Kier molecular flexibility index (Phi) is 4.04. The first-order chi connectivity index (χ1) is 8.66. The zero-order chi connectivity index (χ0) is 13.0. The number of aryl methyl sites for hydroxylation is 1. The van der Waals surface area contributed by atoms with Crippen LogP contribution in [0.5, 0.6) is 0 Å². The molecule has 0 aliphatic carbocycles. The molecule has 0 radical (unpaired) electrons. The van der Waals surface area contributed by atoms with Gasteiger partial charge in [0.1, 0.15) is 0 Å². The van der Waals surface area contributed by atoms with Gasteiger partial charge < -0.3 is 5.73 Å². The maximum atomic E-state index is 10.7. The van der Waals surface area contributed by atoms with Crippen molar-refractivity contribution in [3.05, 3.63) is 42.2 Å². The third-order valence-corrected chi connectivity index (χ3v) is 3.43. The van der Waals surface area contributed by atoms with Crippen LogP contribution in [0.15, 0.2) is 41.8 Å². The fourth-order valence-electron chi connectivity index (χ4n) is 1.61. The highest BCUT2D eigenvalue weighted by molar-refractivity contribution is 7.99. The smallest absolute Gasteiger partial charge is 0.218 e. The second kappa shape index (κ2) is 5.73. The Morgan fingerprint density at radius 3 is 3.06 bits per heavy atom. The highest BCUT2D eigenvalue weighted by atomic mass is 32.2. The van der Waals surface area contributed by atoms with E-state index in [1.807, 2.05) is 22.9 Å². The van der Waals surface area contributed by atoms with Crippen LogP contribution in [0, 0.1) is 6.92 Å². The first-order valence-electron chi connectivity index (χ1n) is 5.68. The predicted octanol–water partition coefficient (Wildman–Crippen LogP) is 2.15. The van der Waals surface area contributed by atoms with E-state index in [-0.39, 0.29) is 5.91 Å². The van der Waals surface area contributed by atoms with Gasteiger partial charge in [0.05, 0.1) is 0 Å². The molecular weight excluding hydrogens is 246 g/mol. The lowest BCUT2D eigenvalue weighted by molar-refractivity contribution is -0.117. The zero-order valence-corrected chi connectivity index (χ0v) is 11.0. The minimum atomic E-state index is -0.281. The molecule has 0 bridgehead atoms. The number of nitrogens with two attached hydrogens (primary N) is 1. The van der Waals surface area contributed by atoms with Crippen molar-refractivity contribution in [3.63, 3.8) is 0 Å².